The summed E-state index contributed by atoms with van der Waals surface area (Å²) in [5, 5.41) is 17.7. The number of pyridine rings is 1. The van der Waals surface area contributed by atoms with Crippen LogP contribution in [0.5, 0.6) is 0 Å². The first-order valence-corrected chi connectivity index (χ1v) is 9.20. The largest absolute Gasteiger partial charge is 0.477 e. The van der Waals surface area contributed by atoms with Crippen molar-refractivity contribution < 1.29 is 14.3 Å². The summed E-state index contributed by atoms with van der Waals surface area (Å²) in [6.07, 6.45) is 3.33. The molecule has 0 bridgehead atoms. The van der Waals surface area contributed by atoms with E-state index in [4.69, 9.17) is 11.1 Å². The van der Waals surface area contributed by atoms with Crippen LogP contribution in [-0.4, -0.2) is 46.4 Å². The number of aryl methyl sites for hydroxylation is 1. The zero-order valence-electron chi connectivity index (χ0n) is 16.5. The van der Waals surface area contributed by atoms with Crippen LogP contribution < -0.4 is 11.2 Å². The highest BCUT2D eigenvalue weighted by molar-refractivity contribution is 6.08. The van der Waals surface area contributed by atoms with Gasteiger partial charge in [-0.1, -0.05) is 0 Å². The number of nitrogens with two attached hydrogens (primary N) is 1. The van der Waals surface area contributed by atoms with Gasteiger partial charge in [0.05, 0.1) is 16.6 Å². The molecule has 0 unspecified atom stereocenters. The van der Waals surface area contributed by atoms with E-state index in [0.29, 0.717) is 17.5 Å². The first-order valence-electron chi connectivity index (χ1n) is 9.20. The zero-order valence-corrected chi connectivity index (χ0v) is 16.5. The molecule has 0 aliphatic heterocycles. The average Bonchev–Trinajstić information content (AvgIpc) is 3.44. The van der Waals surface area contributed by atoms with Crippen molar-refractivity contribution >= 4 is 28.3 Å². The van der Waals surface area contributed by atoms with E-state index in [0.717, 1.165) is 12.8 Å². The molecule has 1 atom stereocenters. The van der Waals surface area contributed by atoms with Gasteiger partial charge in [0.15, 0.2) is 5.82 Å². The standard InChI is InChI=1S/C20H25FN4O3/c1-9(24(3)4)7-13(22)14-10(2)18-15(17(23)16(14)21)19(26)12(20(27)28)8-25(18)11-5-6-11/h8-9,11,22H,5-7,23H2,1-4H3,(H,27,28)/t9-/m0/s1. The van der Waals surface area contributed by atoms with Crippen LogP contribution in [0.1, 0.15) is 53.7 Å². The van der Waals surface area contributed by atoms with E-state index in [2.05, 4.69) is 0 Å². The molecule has 1 aliphatic carbocycles. The SMILES string of the molecule is Cc1c(C(=N)C[C@H](C)N(C)C)c(F)c(N)c2c(=O)c(C(=O)O)cn(C3CC3)c12. The average molecular weight is 388 g/mol. The third kappa shape index (κ3) is 3.17. The molecule has 1 aromatic heterocycles. The number of carboxylic acids is 1. The van der Waals surface area contributed by atoms with Crippen molar-refractivity contribution in [1.82, 2.24) is 9.47 Å². The molecule has 0 radical (unpaired) electrons. The number of hydrogen-bond acceptors (Lipinski definition) is 5. The van der Waals surface area contributed by atoms with Crippen LogP contribution in [0.2, 0.25) is 0 Å². The Morgan fingerprint density at radius 3 is 2.57 bits per heavy atom. The topological polar surface area (TPSA) is 112 Å². The summed E-state index contributed by atoms with van der Waals surface area (Å²) in [5.74, 6) is -2.20. The number of carboxylic acid groups (broad SMARTS) is 1. The Morgan fingerprint density at radius 1 is 1.46 bits per heavy atom. The summed E-state index contributed by atoms with van der Waals surface area (Å²) in [4.78, 5) is 26.2. The van der Waals surface area contributed by atoms with Gasteiger partial charge in [0.25, 0.3) is 0 Å². The number of halogens is 1. The molecule has 8 heteroatoms. The lowest BCUT2D eigenvalue weighted by Gasteiger charge is -2.23. The molecule has 150 valence electrons. The Kier molecular flexibility index (Phi) is 5.01. The summed E-state index contributed by atoms with van der Waals surface area (Å²) in [6, 6.07) is 0.0655. The van der Waals surface area contributed by atoms with Gasteiger partial charge < -0.3 is 25.7 Å². The van der Waals surface area contributed by atoms with E-state index in [9.17, 15) is 14.7 Å². The molecule has 1 fully saturated rings. The fraction of sp³-hybridized carbons (Fsp3) is 0.450. The van der Waals surface area contributed by atoms with E-state index in [1.807, 2.05) is 25.9 Å². The molecule has 1 heterocycles. The highest BCUT2D eigenvalue weighted by Crippen LogP contribution is 2.40. The minimum atomic E-state index is -1.37. The highest BCUT2D eigenvalue weighted by atomic mass is 19.1. The Hall–Kier alpha value is -2.74. The van der Waals surface area contributed by atoms with Crippen molar-refractivity contribution in [2.75, 3.05) is 19.8 Å². The number of anilines is 1. The van der Waals surface area contributed by atoms with Gasteiger partial charge in [0.2, 0.25) is 5.43 Å². The third-order valence-electron chi connectivity index (χ3n) is 5.54. The zero-order chi connectivity index (χ0) is 20.9. The predicted octanol–water partition coefficient (Wildman–Crippen LogP) is 2.77. The van der Waals surface area contributed by atoms with Gasteiger partial charge in [0, 0.05) is 36.0 Å². The smallest absolute Gasteiger partial charge is 0.341 e. The summed E-state index contributed by atoms with van der Waals surface area (Å²) < 4.78 is 16.9. The van der Waals surface area contributed by atoms with Crippen LogP contribution in [-0.2, 0) is 0 Å². The van der Waals surface area contributed by atoms with Gasteiger partial charge in [-0.3, -0.25) is 4.79 Å². The molecule has 1 aliphatic rings. The molecule has 28 heavy (non-hydrogen) atoms. The number of aromatic carboxylic acids is 1. The maximum Gasteiger partial charge on any atom is 0.341 e. The minimum Gasteiger partial charge on any atom is -0.477 e. The van der Waals surface area contributed by atoms with Crippen molar-refractivity contribution in [3.63, 3.8) is 0 Å². The van der Waals surface area contributed by atoms with Gasteiger partial charge in [0.1, 0.15) is 5.56 Å². The Morgan fingerprint density at radius 2 is 2.07 bits per heavy atom. The summed E-state index contributed by atoms with van der Waals surface area (Å²) >= 11 is 0. The fourth-order valence-electron chi connectivity index (χ4n) is 3.52. The summed E-state index contributed by atoms with van der Waals surface area (Å²) in [7, 11) is 3.77. The van der Waals surface area contributed by atoms with Crippen molar-refractivity contribution in [3.8, 4) is 0 Å². The van der Waals surface area contributed by atoms with Gasteiger partial charge >= 0.3 is 5.97 Å². The Labute approximate surface area is 162 Å². The summed E-state index contributed by atoms with van der Waals surface area (Å²) in [5.41, 5.74) is 5.44. The van der Waals surface area contributed by atoms with Crippen molar-refractivity contribution in [1.29, 1.82) is 5.41 Å². The van der Waals surface area contributed by atoms with Crippen molar-refractivity contribution in [2.45, 2.75) is 45.2 Å². The Bertz CT molecular complexity index is 1050. The van der Waals surface area contributed by atoms with E-state index < -0.39 is 22.8 Å². The minimum absolute atomic E-state index is 0.0169. The molecule has 0 amide bonds. The number of hydrogen-bond donors (Lipinski definition) is 3. The number of rotatable bonds is 6. The number of aromatic nitrogens is 1. The second kappa shape index (κ2) is 7.01. The lowest BCUT2D eigenvalue weighted by molar-refractivity contribution is 0.0695. The lowest BCUT2D eigenvalue weighted by Crippen LogP contribution is -2.28. The number of fused-ring (bicyclic) bond motifs is 1. The van der Waals surface area contributed by atoms with Crippen LogP contribution in [0.3, 0.4) is 0 Å². The van der Waals surface area contributed by atoms with Crippen LogP contribution in [0.4, 0.5) is 10.1 Å². The first-order chi connectivity index (χ1) is 13.1. The van der Waals surface area contributed by atoms with Crippen LogP contribution in [0.15, 0.2) is 11.0 Å². The Balaban J connectivity index is 2.34. The second-order valence-corrected chi connectivity index (χ2v) is 7.76. The maximum atomic E-state index is 15.2. The molecule has 0 spiro atoms. The number of carbonyl (C=O) groups is 1. The van der Waals surface area contributed by atoms with E-state index >= 15 is 4.39 Å². The highest BCUT2D eigenvalue weighted by Gasteiger charge is 2.31. The third-order valence-corrected chi connectivity index (χ3v) is 5.54. The number of nitrogen functional groups attached to an aromatic ring is 1. The van der Waals surface area contributed by atoms with Crippen LogP contribution in [0.25, 0.3) is 10.9 Å². The first kappa shape index (κ1) is 20.0. The normalized spacial score (nSPS) is 15.2. The molecule has 2 aromatic rings. The fourth-order valence-corrected chi connectivity index (χ4v) is 3.52. The summed E-state index contributed by atoms with van der Waals surface area (Å²) in [6.45, 7) is 3.60. The van der Waals surface area contributed by atoms with Gasteiger partial charge in [-0.25, -0.2) is 9.18 Å². The number of benzene rings is 1. The van der Waals surface area contributed by atoms with Crippen molar-refractivity contribution in [2.24, 2.45) is 0 Å². The molecule has 1 saturated carbocycles. The monoisotopic (exact) mass is 388 g/mol. The molecule has 7 nitrogen and oxygen atoms in total. The van der Waals surface area contributed by atoms with Crippen LogP contribution >= 0.6 is 0 Å². The number of nitrogens with one attached hydrogen (secondary N) is 1. The van der Waals surface area contributed by atoms with E-state index in [1.165, 1.54) is 6.20 Å². The van der Waals surface area contributed by atoms with Crippen molar-refractivity contribution in [3.05, 3.63) is 38.9 Å². The quantitative estimate of drug-likeness (QED) is 0.520. The van der Waals surface area contributed by atoms with E-state index in [-0.39, 0.29) is 34.4 Å². The maximum absolute atomic E-state index is 15.2. The van der Waals surface area contributed by atoms with Gasteiger partial charge in [-0.15, -0.1) is 0 Å². The predicted molar refractivity (Wildman–Crippen MR) is 107 cm³/mol. The van der Waals surface area contributed by atoms with E-state index in [1.54, 1.807) is 11.5 Å². The number of nitrogens with zero attached hydrogens (tertiary/aromatic N) is 2. The lowest BCUT2D eigenvalue weighted by atomic mass is 9.93. The molecule has 4 N–H and O–H groups in total. The molecule has 0 saturated heterocycles. The van der Waals surface area contributed by atoms with Crippen LogP contribution in [0, 0.1) is 18.2 Å². The molecule has 1 aromatic carbocycles. The molecule has 3 rings (SSSR count). The van der Waals surface area contributed by atoms with Gasteiger partial charge in [-0.2, -0.15) is 0 Å². The molecular formula is C20H25FN4O3. The molecular weight excluding hydrogens is 363 g/mol. The second-order valence-electron chi connectivity index (χ2n) is 7.76. The van der Waals surface area contributed by atoms with Gasteiger partial charge in [-0.05, 0) is 46.3 Å².